The normalized spacial score (nSPS) is 8.20. The van der Waals surface area contributed by atoms with Crippen LogP contribution in [0, 0.1) is 18.2 Å². The lowest BCUT2D eigenvalue weighted by molar-refractivity contribution is 1.19. The molecule has 0 amide bonds. The van der Waals surface area contributed by atoms with Gasteiger partial charge in [0, 0.05) is 22.8 Å². The summed E-state index contributed by atoms with van der Waals surface area (Å²) < 4.78 is 0. The van der Waals surface area contributed by atoms with Gasteiger partial charge in [-0.2, -0.15) is 0 Å². The Kier molecular flexibility index (Phi) is 2.30. The first-order chi connectivity index (χ1) is 4.83. The summed E-state index contributed by atoms with van der Waals surface area (Å²) in [6.45, 7) is 1.93. The fourth-order valence-electron chi connectivity index (χ4n) is 0.596. The third-order valence-corrected chi connectivity index (χ3v) is 1.20. The highest BCUT2D eigenvalue weighted by molar-refractivity contribution is 6.30. The van der Waals surface area contributed by atoms with Crippen molar-refractivity contribution in [1.29, 1.82) is 0 Å². The first-order valence-electron chi connectivity index (χ1n) is 2.87. The number of aryl methyl sites for hydroxylation is 1. The van der Waals surface area contributed by atoms with Crippen LogP contribution in [0.5, 0.6) is 0 Å². The molecule has 0 aliphatic heterocycles. The first kappa shape index (κ1) is 7.11. The summed E-state index contributed by atoms with van der Waals surface area (Å²) in [6.07, 6.45) is 1.70. The van der Waals surface area contributed by atoms with Crippen molar-refractivity contribution in [3.8, 4) is 11.3 Å². The van der Waals surface area contributed by atoms with Crippen molar-refractivity contribution >= 4 is 11.6 Å². The second-order valence-electron chi connectivity index (χ2n) is 1.91. The van der Waals surface area contributed by atoms with Gasteiger partial charge in [-0.05, 0) is 36.6 Å². The van der Waals surface area contributed by atoms with Gasteiger partial charge in [0.2, 0.25) is 0 Å². The highest BCUT2D eigenvalue weighted by atomic mass is 35.5. The molecule has 1 nitrogen and oxygen atoms in total. The Morgan fingerprint density at radius 1 is 1.50 bits per heavy atom. The molecule has 0 aromatic carbocycles. The van der Waals surface area contributed by atoms with Crippen LogP contribution in [0.2, 0.25) is 0 Å². The third kappa shape index (κ3) is 1.75. The zero-order valence-corrected chi connectivity index (χ0v) is 6.31. The molecule has 0 unspecified atom stereocenters. The highest BCUT2D eigenvalue weighted by Crippen LogP contribution is 1.96. The smallest absolute Gasteiger partial charge is 0.0441 e. The van der Waals surface area contributed by atoms with Gasteiger partial charge in [0.05, 0.1) is 0 Å². The van der Waals surface area contributed by atoms with E-state index in [0.29, 0.717) is 0 Å². The standard InChI is InChI=1S/C8H6ClN/c1-7-2-3-8(4-5-9)6-10-7/h2-3,6H,1H3. The van der Waals surface area contributed by atoms with Crippen LogP contribution in [0.3, 0.4) is 0 Å². The maximum Gasteiger partial charge on any atom is 0.0441 e. The minimum atomic E-state index is 0.848. The first-order valence-corrected chi connectivity index (χ1v) is 3.25. The predicted octanol–water partition coefficient (Wildman–Crippen LogP) is 1.94. The molecule has 0 saturated heterocycles. The summed E-state index contributed by atoms with van der Waals surface area (Å²) >= 11 is 5.19. The van der Waals surface area contributed by atoms with E-state index in [9.17, 15) is 0 Å². The van der Waals surface area contributed by atoms with E-state index in [1.807, 2.05) is 19.1 Å². The number of hydrogen-bond acceptors (Lipinski definition) is 1. The van der Waals surface area contributed by atoms with Gasteiger partial charge in [-0.3, -0.25) is 4.98 Å². The summed E-state index contributed by atoms with van der Waals surface area (Å²) in [7, 11) is 0. The fourth-order valence-corrected chi connectivity index (χ4v) is 0.705. The lowest BCUT2D eigenvalue weighted by atomic mass is 10.3. The van der Waals surface area contributed by atoms with Gasteiger partial charge >= 0.3 is 0 Å². The quantitative estimate of drug-likeness (QED) is 0.517. The van der Waals surface area contributed by atoms with Gasteiger partial charge in [-0.25, -0.2) is 0 Å². The Hall–Kier alpha value is -1.00. The Bertz CT molecular complexity index is 266. The number of halogens is 1. The van der Waals surface area contributed by atoms with Gasteiger partial charge in [0.15, 0.2) is 0 Å². The van der Waals surface area contributed by atoms with Crippen LogP contribution >= 0.6 is 11.6 Å². The van der Waals surface area contributed by atoms with Crippen LogP contribution in [-0.4, -0.2) is 4.98 Å². The van der Waals surface area contributed by atoms with Crippen molar-refractivity contribution in [3.63, 3.8) is 0 Å². The zero-order chi connectivity index (χ0) is 7.40. The molecule has 2 heteroatoms. The largest absolute Gasteiger partial charge is 0.260 e. The van der Waals surface area contributed by atoms with Crippen LogP contribution in [0.1, 0.15) is 11.3 Å². The lowest BCUT2D eigenvalue weighted by Gasteiger charge is -1.89. The Labute approximate surface area is 65.0 Å². The SMILES string of the molecule is Cc1ccc(C#CCl)cn1. The Morgan fingerprint density at radius 3 is 2.80 bits per heavy atom. The van der Waals surface area contributed by atoms with Crippen molar-refractivity contribution in [2.45, 2.75) is 6.92 Å². The zero-order valence-electron chi connectivity index (χ0n) is 5.56. The number of pyridine rings is 1. The molecule has 0 radical (unpaired) electrons. The predicted molar refractivity (Wildman–Crippen MR) is 41.7 cm³/mol. The van der Waals surface area contributed by atoms with Crippen LogP contribution in [0.4, 0.5) is 0 Å². The molecule has 0 saturated carbocycles. The van der Waals surface area contributed by atoms with Crippen molar-refractivity contribution in [1.82, 2.24) is 4.98 Å². The van der Waals surface area contributed by atoms with Crippen LogP contribution < -0.4 is 0 Å². The van der Waals surface area contributed by atoms with Gasteiger partial charge in [0.25, 0.3) is 0 Å². The molecule has 1 rings (SSSR count). The molecule has 0 N–H and O–H groups in total. The summed E-state index contributed by atoms with van der Waals surface area (Å²) in [5.74, 6) is 2.69. The molecule has 0 atom stereocenters. The van der Waals surface area contributed by atoms with E-state index < -0.39 is 0 Å². The average molecular weight is 152 g/mol. The second kappa shape index (κ2) is 3.24. The third-order valence-electron chi connectivity index (χ3n) is 1.10. The Balaban J connectivity index is 2.97. The minimum absolute atomic E-state index is 0.848. The van der Waals surface area contributed by atoms with Crippen molar-refractivity contribution in [3.05, 3.63) is 29.6 Å². The summed E-state index contributed by atoms with van der Waals surface area (Å²) in [5, 5.41) is 2.29. The van der Waals surface area contributed by atoms with Crippen molar-refractivity contribution < 1.29 is 0 Å². The molecule has 50 valence electrons. The monoisotopic (exact) mass is 151 g/mol. The van der Waals surface area contributed by atoms with Crippen LogP contribution in [-0.2, 0) is 0 Å². The van der Waals surface area contributed by atoms with E-state index in [-0.39, 0.29) is 0 Å². The molecule has 1 aromatic heterocycles. The van der Waals surface area contributed by atoms with Gasteiger partial charge in [-0.1, -0.05) is 0 Å². The van der Waals surface area contributed by atoms with Gasteiger partial charge in [-0.15, -0.1) is 0 Å². The van der Waals surface area contributed by atoms with Gasteiger partial charge in [0.1, 0.15) is 0 Å². The van der Waals surface area contributed by atoms with E-state index in [2.05, 4.69) is 16.3 Å². The number of rotatable bonds is 0. The molecular weight excluding hydrogens is 146 g/mol. The van der Waals surface area contributed by atoms with Gasteiger partial charge < -0.3 is 0 Å². The summed E-state index contributed by atoms with van der Waals surface area (Å²) in [6, 6.07) is 3.79. The molecular formula is C8H6ClN. The molecule has 0 fully saturated rings. The minimum Gasteiger partial charge on any atom is -0.260 e. The van der Waals surface area contributed by atoms with Crippen molar-refractivity contribution in [2.75, 3.05) is 0 Å². The van der Waals surface area contributed by atoms with Crippen molar-refractivity contribution in [2.24, 2.45) is 0 Å². The molecule has 0 aliphatic carbocycles. The Morgan fingerprint density at radius 2 is 2.30 bits per heavy atom. The fraction of sp³-hybridized carbons (Fsp3) is 0.125. The molecule has 0 bridgehead atoms. The highest BCUT2D eigenvalue weighted by Gasteiger charge is 1.85. The topological polar surface area (TPSA) is 12.9 Å². The summed E-state index contributed by atoms with van der Waals surface area (Å²) in [5.41, 5.74) is 1.83. The van der Waals surface area contributed by atoms with E-state index in [1.165, 1.54) is 0 Å². The number of hydrogen-bond donors (Lipinski definition) is 0. The van der Waals surface area contributed by atoms with E-state index in [0.717, 1.165) is 11.3 Å². The second-order valence-corrected chi connectivity index (χ2v) is 2.10. The van der Waals surface area contributed by atoms with E-state index in [4.69, 9.17) is 11.6 Å². The van der Waals surface area contributed by atoms with Crippen LogP contribution in [0.25, 0.3) is 0 Å². The van der Waals surface area contributed by atoms with E-state index in [1.54, 1.807) is 6.20 Å². The molecule has 0 aliphatic rings. The van der Waals surface area contributed by atoms with Crippen LogP contribution in [0.15, 0.2) is 18.3 Å². The number of nitrogens with zero attached hydrogens (tertiary/aromatic N) is 1. The molecule has 10 heavy (non-hydrogen) atoms. The maximum absolute atomic E-state index is 5.19. The van der Waals surface area contributed by atoms with E-state index >= 15 is 0 Å². The average Bonchev–Trinajstić information content (AvgIpc) is 1.95. The molecule has 0 spiro atoms. The molecule has 1 aromatic rings. The molecule has 1 heterocycles. The number of aromatic nitrogens is 1. The lowest BCUT2D eigenvalue weighted by Crippen LogP contribution is -1.80. The summed E-state index contributed by atoms with van der Waals surface area (Å²) in [4.78, 5) is 4.04. The maximum atomic E-state index is 5.19.